The first-order valence-corrected chi connectivity index (χ1v) is 10.3. The Bertz CT molecular complexity index is 873. The number of benzene rings is 1. The molecule has 1 aromatic heterocycles. The number of nitrogens with one attached hydrogen (secondary N) is 1. The van der Waals surface area contributed by atoms with E-state index < -0.39 is 0 Å². The summed E-state index contributed by atoms with van der Waals surface area (Å²) in [5.74, 6) is 0. The lowest BCUT2D eigenvalue weighted by Crippen LogP contribution is -2.47. The van der Waals surface area contributed by atoms with Gasteiger partial charge in [0.2, 0.25) is 0 Å². The van der Waals surface area contributed by atoms with E-state index in [0.29, 0.717) is 17.8 Å². The number of anilines is 2. The van der Waals surface area contributed by atoms with E-state index >= 15 is 0 Å². The van der Waals surface area contributed by atoms with E-state index in [1.807, 2.05) is 0 Å². The predicted molar refractivity (Wildman–Crippen MR) is 111 cm³/mol. The average molecular weight is 387 g/mol. The minimum absolute atomic E-state index is 0.132. The van der Waals surface area contributed by atoms with Crippen molar-refractivity contribution in [3.63, 3.8) is 0 Å². The van der Waals surface area contributed by atoms with Crippen molar-refractivity contribution in [2.75, 3.05) is 17.3 Å². The Labute approximate surface area is 165 Å². The number of hydrogen-bond acceptors (Lipinski definition) is 4. The van der Waals surface area contributed by atoms with Gasteiger partial charge in [0.05, 0.1) is 17.9 Å². The summed E-state index contributed by atoms with van der Waals surface area (Å²) in [7, 11) is 1.75. The third-order valence-electron chi connectivity index (χ3n) is 6.19. The summed E-state index contributed by atoms with van der Waals surface area (Å²) < 4.78 is 1.59. The SMILES string of the molecule is CNc1cnn(C2CCC(N3c4ccccc4CCC3C)CC2)c(=O)c1Cl. The topological polar surface area (TPSA) is 50.2 Å². The molecular formula is C21H27ClN4O. The van der Waals surface area contributed by atoms with Crippen LogP contribution in [0.3, 0.4) is 0 Å². The number of nitrogens with zero attached hydrogens (tertiary/aromatic N) is 3. The predicted octanol–water partition coefficient (Wildman–Crippen LogP) is 4.26. The first-order chi connectivity index (χ1) is 13.1. The maximum atomic E-state index is 12.6. The molecule has 0 amide bonds. The van der Waals surface area contributed by atoms with Crippen LogP contribution in [0.4, 0.5) is 11.4 Å². The lowest BCUT2D eigenvalue weighted by molar-refractivity contribution is 0.277. The van der Waals surface area contributed by atoms with Crippen molar-refractivity contribution in [2.24, 2.45) is 0 Å². The van der Waals surface area contributed by atoms with Crippen LogP contribution >= 0.6 is 11.6 Å². The highest BCUT2D eigenvalue weighted by molar-refractivity contribution is 6.32. The van der Waals surface area contributed by atoms with Crippen LogP contribution in [-0.2, 0) is 6.42 Å². The van der Waals surface area contributed by atoms with E-state index in [1.165, 1.54) is 24.1 Å². The van der Waals surface area contributed by atoms with Crippen molar-refractivity contribution in [3.05, 3.63) is 51.4 Å². The number of para-hydroxylation sites is 1. The maximum absolute atomic E-state index is 12.6. The standard InChI is InChI=1S/C21H27ClN4O/c1-14-7-8-15-5-3-4-6-19(15)25(14)16-9-11-17(12-10-16)26-21(27)20(22)18(23-2)13-24-26/h3-6,13-14,16-17,23H,7-12H2,1-2H3. The normalized spacial score (nSPS) is 25.1. The third-order valence-corrected chi connectivity index (χ3v) is 6.56. The van der Waals surface area contributed by atoms with Gasteiger partial charge in [0.15, 0.2) is 0 Å². The van der Waals surface area contributed by atoms with Crippen LogP contribution in [0.1, 0.15) is 50.6 Å². The van der Waals surface area contributed by atoms with Gasteiger partial charge in [0, 0.05) is 24.8 Å². The molecule has 2 aliphatic rings. The van der Waals surface area contributed by atoms with Crippen LogP contribution in [-0.4, -0.2) is 28.9 Å². The molecule has 1 aliphatic carbocycles. The lowest BCUT2D eigenvalue weighted by atomic mass is 9.86. The fraction of sp³-hybridized carbons (Fsp3) is 0.524. The van der Waals surface area contributed by atoms with Crippen LogP contribution in [0.15, 0.2) is 35.3 Å². The number of fused-ring (bicyclic) bond motifs is 1. The molecule has 144 valence electrons. The van der Waals surface area contributed by atoms with Gasteiger partial charge in [-0.15, -0.1) is 0 Å². The molecule has 1 unspecified atom stereocenters. The molecule has 0 spiro atoms. The fourth-order valence-electron chi connectivity index (χ4n) is 4.73. The zero-order chi connectivity index (χ0) is 19.0. The first kappa shape index (κ1) is 18.4. The van der Waals surface area contributed by atoms with Gasteiger partial charge >= 0.3 is 0 Å². The lowest BCUT2D eigenvalue weighted by Gasteiger charge is -2.45. The molecule has 5 nitrogen and oxygen atoms in total. The molecule has 0 saturated heterocycles. The minimum atomic E-state index is -0.191. The van der Waals surface area contributed by atoms with Crippen LogP contribution in [0.2, 0.25) is 5.02 Å². The summed E-state index contributed by atoms with van der Waals surface area (Å²) in [5, 5.41) is 7.51. The summed E-state index contributed by atoms with van der Waals surface area (Å²) in [6.45, 7) is 2.34. The van der Waals surface area contributed by atoms with Gasteiger partial charge in [-0.05, 0) is 57.1 Å². The van der Waals surface area contributed by atoms with Gasteiger partial charge in [-0.3, -0.25) is 4.79 Å². The summed E-state index contributed by atoms with van der Waals surface area (Å²) >= 11 is 6.20. The van der Waals surface area contributed by atoms with Crippen molar-refractivity contribution in [3.8, 4) is 0 Å². The van der Waals surface area contributed by atoms with E-state index in [9.17, 15) is 4.79 Å². The van der Waals surface area contributed by atoms with Crippen molar-refractivity contribution in [1.82, 2.24) is 9.78 Å². The van der Waals surface area contributed by atoms with E-state index in [2.05, 4.69) is 46.5 Å². The van der Waals surface area contributed by atoms with Crippen molar-refractivity contribution >= 4 is 23.0 Å². The number of aryl methyl sites for hydroxylation is 1. The highest BCUT2D eigenvalue weighted by atomic mass is 35.5. The summed E-state index contributed by atoms with van der Waals surface area (Å²) in [4.78, 5) is 15.2. The molecule has 0 radical (unpaired) electrons. The number of hydrogen-bond donors (Lipinski definition) is 1. The van der Waals surface area contributed by atoms with Gasteiger partial charge in [0.1, 0.15) is 5.02 Å². The monoisotopic (exact) mass is 386 g/mol. The second-order valence-electron chi connectivity index (χ2n) is 7.76. The zero-order valence-corrected chi connectivity index (χ0v) is 16.7. The van der Waals surface area contributed by atoms with Gasteiger partial charge in [-0.25, -0.2) is 4.68 Å². The van der Waals surface area contributed by atoms with E-state index in [-0.39, 0.29) is 16.6 Å². The molecule has 1 saturated carbocycles. The molecule has 2 aromatic rings. The highest BCUT2D eigenvalue weighted by Crippen LogP contribution is 2.38. The number of rotatable bonds is 3. The number of halogens is 1. The van der Waals surface area contributed by atoms with Crippen LogP contribution in [0.25, 0.3) is 0 Å². The summed E-state index contributed by atoms with van der Waals surface area (Å²) in [5.41, 5.74) is 3.26. The molecule has 0 bridgehead atoms. The second-order valence-corrected chi connectivity index (χ2v) is 8.14. The van der Waals surface area contributed by atoms with Crippen LogP contribution in [0, 0.1) is 0 Å². The zero-order valence-electron chi connectivity index (χ0n) is 16.0. The van der Waals surface area contributed by atoms with Crippen LogP contribution < -0.4 is 15.8 Å². The van der Waals surface area contributed by atoms with Gasteiger partial charge in [-0.2, -0.15) is 5.10 Å². The Hall–Kier alpha value is -2.01. The smallest absolute Gasteiger partial charge is 0.287 e. The number of aromatic nitrogens is 2. The average Bonchev–Trinajstić information content (AvgIpc) is 2.70. The van der Waals surface area contributed by atoms with Gasteiger partial charge in [0.25, 0.3) is 5.56 Å². The molecule has 1 fully saturated rings. The van der Waals surface area contributed by atoms with E-state index in [4.69, 9.17) is 11.6 Å². The second kappa shape index (κ2) is 7.55. The molecule has 27 heavy (non-hydrogen) atoms. The molecule has 2 heterocycles. The van der Waals surface area contributed by atoms with Crippen molar-refractivity contribution in [2.45, 2.75) is 63.6 Å². The molecule has 1 N–H and O–H groups in total. The maximum Gasteiger partial charge on any atom is 0.287 e. The Morgan fingerprint density at radius 1 is 1.11 bits per heavy atom. The first-order valence-electron chi connectivity index (χ1n) is 9.91. The minimum Gasteiger partial charge on any atom is -0.385 e. The largest absolute Gasteiger partial charge is 0.385 e. The van der Waals surface area contributed by atoms with Crippen molar-refractivity contribution in [1.29, 1.82) is 0 Å². The molecule has 1 aliphatic heterocycles. The molecule has 1 atom stereocenters. The third kappa shape index (κ3) is 3.33. The Morgan fingerprint density at radius 2 is 1.81 bits per heavy atom. The fourth-order valence-corrected chi connectivity index (χ4v) is 4.96. The Kier molecular flexibility index (Phi) is 5.13. The van der Waals surface area contributed by atoms with Crippen LogP contribution in [0.5, 0.6) is 0 Å². The summed E-state index contributed by atoms with van der Waals surface area (Å²) in [6.07, 6.45) is 8.08. The molecule has 6 heteroatoms. The van der Waals surface area contributed by atoms with E-state index in [1.54, 1.807) is 17.9 Å². The van der Waals surface area contributed by atoms with Gasteiger partial charge < -0.3 is 10.2 Å². The van der Waals surface area contributed by atoms with Crippen molar-refractivity contribution < 1.29 is 0 Å². The Balaban J connectivity index is 1.52. The molecule has 4 rings (SSSR count). The van der Waals surface area contributed by atoms with E-state index in [0.717, 1.165) is 25.7 Å². The molecular weight excluding hydrogens is 360 g/mol. The quantitative estimate of drug-likeness (QED) is 0.856. The molecule has 1 aromatic carbocycles. The highest BCUT2D eigenvalue weighted by Gasteiger charge is 2.33. The van der Waals surface area contributed by atoms with Gasteiger partial charge in [-0.1, -0.05) is 29.8 Å². The Morgan fingerprint density at radius 3 is 2.56 bits per heavy atom. The summed E-state index contributed by atoms with van der Waals surface area (Å²) in [6, 6.07) is 10.0.